The minimum absolute atomic E-state index is 0.00439. The van der Waals surface area contributed by atoms with Crippen LogP contribution in [-0.2, 0) is 9.22 Å². The summed E-state index contributed by atoms with van der Waals surface area (Å²) < 4.78 is 7.05. The molecule has 1 aliphatic carbocycles. The Morgan fingerprint density at radius 2 is 1.50 bits per heavy atom. The van der Waals surface area contributed by atoms with Gasteiger partial charge in [-0.15, -0.1) is 0 Å². The predicted molar refractivity (Wildman–Crippen MR) is 110 cm³/mol. The molecule has 0 saturated carbocycles. The number of carbonyl (C=O) groups excluding carboxylic acids is 1. The van der Waals surface area contributed by atoms with Gasteiger partial charge in [-0.1, -0.05) is 87.5 Å². The number of hydrogen-bond donors (Lipinski definition) is 0. The van der Waals surface area contributed by atoms with Gasteiger partial charge in [0.25, 0.3) is 8.32 Å². The van der Waals surface area contributed by atoms with E-state index in [4.69, 9.17) is 4.43 Å². The summed E-state index contributed by atoms with van der Waals surface area (Å²) in [6, 6.07) is 21.3. The highest BCUT2D eigenvalue weighted by molar-refractivity contribution is 6.99. The molecule has 0 N–H and O–H groups in total. The van der Waals surface area contributed by atoms with Crippen molar-refractivity contribution in [3.8, 4) is 0 Å². The molecular formula is C23H28O2Si. The Hall–Kier alpha value is -1.97. The van der Waals surface area contributed by atoms with Crippen molar-refractivity contribution in [2.45, 2.75) is 51.2 Å². The SMILES string of the molecule is CC(C)(C)[Si](OC1C=C(C=O)CCC1)(c1ccccc1)c1ccccc1. The first-order valence-corrected chi connectivity index (χ1v) is 11.3. The van der Waals surface area contributed by atoms with Crippen LogP contribution in [0.3, 0.4) is 0 Å². The maximum Gasteiger partial charge on any atom is 0.261 e. The Morgan fingerprint density at radius 1 is 0.962 bits per heavy atom. The van der Waals surface area contributed by atoms with Crippen LogP contribution in [0.5, 0.6) is 0 Å². The molecule has 0 radical (unpaired) electrons. The quantitative estimate of drug-likeness (QED) is 0.586. The first-order valence-electron chi connectivity index (χ1n) is 9.42. The number of benzene rings is 2. The Morgan fingerprint density at radius 3 is 1.96 bits per heavy atom. The van der Waals surface area contributed by atoms with Gasteiger partial charge in [0, 0.05) is 0 Å². The molecule has 1 atom stereocenters. The summed E-state index contributed by atoms with van der Waals surface area (Å²) in [7, 11) is -2.54. The van der Waals surface area contributed by atoms with Crippen LogP contribution in [0.4, 0.5) is 0 Å². The van der Waals surface area contributed by atoms with Crippen LogP contribution in [0.1, 0.15) is 40.0 Å². The topological polar surface area (TPSA) is 26.3 Å². The molecule has 2 aromatic carbocycles. The van der Waals surface area contributed by atoms with Gasteiger partial charge < -0.3 is 4.43 Å². The van der Waals surface area contributed by atoms with E-state index in [1.807, 2.05) is 0 Å². The minimum atomic E-state index is -2.54. The molecule has 3 heteroatoms. The molecule has 0 amide bonds. The van der Waals surface area contributed by atoms with E-state index in [1.54, 1.807) is 0 Å². The second-order valence-electron chi connectivity index (χ2n) is 8.07. The van der Waals surface area contributed by atoms with Crippen LogP contribution in [0.2, 0.25) is 5.04 Å². The van der Waals surface area contributed by atoms with Crippen LogP contribution in [0.15, 0.2) is 72.3 Å². The van der Waals surface area contributed by atoms with Gasteiger partial charge in [-0.25, -0.2) is 0 Å². The summed E-state index contributed by atoms with van der Waals surface area (Å²) in [4.78, 5) is 11.3. The molecule has 136 valence electrons. The van der Waals surface area contributed by atoms with Gasteiger partial charge in [0.15, 0.2) is 0 Å². The number of allylic oxidation sites excluding steroid dienone is 1. The van der Waals surface area contributed by atoms with Gasteiger partial charge in [-0.3, -0.25) is 4.79 Å². The highest BCUT2D eigenvalue weighted by Gasteiger charge is 2.51. The van der Waals surface area contributed by atoms with Gasteiger partial charge in [0.1, 0.15) is 6.29 Å². The van der Waals surface area contributed by atoms with E-state index in [9.17, 15) is 4.79 Å². The second kappa shape index (κ2) is 7.73. The third kappa shape index (κ3) is 3.60. The van der Waals surface area contributed by atoms with Gasteiger partial charge in [-0.05, 0) is 40.2 Å². The molecule has 1 unspecified atom stereocenters. The van der Waals surface area contributed by atoms with Gasteiger partial charge in [0.2, 0.25) is 0 Å². The Balaban J connectivity index is 2.16. The van der Waals surface area contributed by atoms with E-state index >= 15 is 0 Å². The fraction of sp³-hybridized carbons (Fsp3) is 0.348. The lowest BCUT2D eigenvalue weighted by molar-refractivity contribution is -0.105. The van der Waals surface area contributed by atoms with E-state index < -0.39 is 8.32 Å². The highest BCUT2D eigenvalue weighted by atomic mass is 28.4. The molecule has 0 aliphatic heterocycles. The lowest BCUT2D eigenvalue weighted by Crippen LogP contribution is -2.67. The Bertz CT molecular complexity index is 720. The average molecular weight is 365 g/mol. The fourth-order valence-corrected chi connectivity index (χ4v) is 8.68. The molecule has 0 spiro atoms. The summed E-state index contributed by atoms with van der Waals surface area (Å²) in [5.74, 6) is 0. The predicted octanol–water partition coefficient (Wildman–Crippen LogP) is 4.24. The summed E-state index contributed by atoms with van der Waals surface area (Å²) in [6.07, 6.45) is 5.88. The monoisotopic (exact) mass is 364 g/mol. The van der Waals surface area contributed by atoms with Crippen LogP contribution >= 0.6 is 0 Å². The van der Waals surface area contributed by atoms with Crippen molar-refractivity contribution in [1.82, 2.24) is 0 Å². The van der Waals surface area contributed by atoms with E-state index in [0.29, 0.717) is 0 Å². The summed E-state index contributed by atoms with van der Waals surface area (Å²) in [5, 5.41) is 2.53. The minimum Gasteiger partial charge on any atom is -0.401 e. The second-order valence-corrected chi connectivity index (χ2v) is 12.3. The average Bonchev–Trinajstić information content (AvgIpc) is 2.66. The largest absolute Gasteiger partial charge is 0.401 e. The first kappa shape index (κ1) is 18.8. The third-order valence-electron chi connectivity index (χ3n) is 5.25. The fourth-order valence-electron chi connectivity index (χ4n) is 4.02. The molecule has 0 aromatic heterocycles. The molecule has 0 heterocycles. The molecule has 26 heavy (non-hydrogen) atoms. The van der Waals surface area contributed by atoms with Crippen LogP contribution in [0, 0.1) is 0 Å². The number of rotatable bonds is 5. The van der Waals surface area contributed by atoms with Gasteiger partial charge in [0.05, 0.1) is 6.10 Å². The van der Waals surface area contributed by atoms with Crippen molar-refractivity contribution in [1.29, 1.82) is 0 Å². The summed E-state index contributed by atoms with van der Waals surface area (Å²) in [5.41, 5.74) is 0.874. The van der Waals surface area contributed by atoms with Crippen molar-refractivity contribution < 1.29 is 9.22 Å². The zero-order valence-electron chi connectivity index (χ0n) is 15.9. The van der Waals surface area contributed by atoms with Gasteiger partial charge in [-0.2, -0.15) is 0 Å². The Labute approximate surface area is 158 Å². The van der Waals surface area contributed by atoms with E-state index in [1.165, 1.54) is 10.4 Å². The molecule has 0 fully saturated rings. The lowest BCUT2D eigenvalue weighted by atomic mass is 9.99. The van der Waals surface area contributed by atoms with Gasteiger partial charge >= 0.3 is 0 Å². The van der Waals surface area contributed by atoms with Crippen molar-refractivity contribution >= 4 is 25.0 Å². The molecule has 3 rings (SSSR count). The van der Waals surface area contributed by atoms with E-state index in [2.05, 4.69) is 87.5 Å². The van der Waals surface area contributed by atoms with Crippen LogP contribution in [0.25, 0.3) is 0 Å². The highest BCUT2D eigenvalue weighted by Crippen LogP contribution is 2.38. The zero-order chi connectivity index (χ0) is 18.6. The lowest BCUT2D eigenvalue weighted by Gasteiger charge is -2.45. The molecule has 0 bridgehead atoms. The smallest absolute Gasteiger partial charge is 0.261 e. The zero-order valence-corrected chi connectivity index (χ0v) is 16.9. The standard InChI is InChI=1S/C23H28O2Si/c1-23(2,3)26(21-13-6-4-7-14-21,22-15-8-5-9-16-22)25-20-12-10-11-19(17-20)18-24/h4-9,13-18,20H,10-12H2,1-3H3. The number of carbonyl (C=O) groups is 1. The summed E-state index contributed by atoms with van der Waals surface area (Å²) >= 11 is 0. The molecular weight excluding hydrogens is 336 g/mol. The number of aldehydes is 1. The molecule has 1 aliphatic rings. The molecule has 2 aromatic rings. The van der Waals surface area contributed by atoms with E-state index in [-0.39, 0.29) is 11.1 Å². The first-order chi connectivity index (χ1) is 12.5. The third-order valence-corrected chi connectivity index (χ3v) is 10.3. The van der Waals surface area contributed by atoms with Crippen LogP contribution < -0.4 is 10.4 Å². The van der Waals surface area contributed by atoms with Crippen molar-refractivity contribution in [2.24, 2.45) is 0 Å². The maximum atomic E-state index is 11.3. The number of hydrogen-bond acceptors (Lipinski definition) is 2. The normalized spacial score (nSPS) is 18.3. The molecule has 2 nitrogen and oxygen atoms in total. The molecule has 0 saturated heterocycles. The van der Waals surface area contributed by atoms with E-state index in [0.717, 1.165) is 31.1 Å². The summed E-state index contributed by atoms with van der Waals surface area (Å²) in [6.45, 7) is 6.85. The van der Waals surface area contributed by atoms with Crippen LogP contribution in [-0.4, -0.2) is 20.7 Å². The Kier molecular flexibility index (Phi) is 5.59. The maximum absolute atomic E-state index is 11.3. The van der Waals surface area contributed by atoms with Crippen molar-refractivity contribution in [3.05, 3.63) is 72.3 Å². The van der Waals surface area contributed by atoms with Crippen molar-refractivity contribution in [3.63, 3.8) is 0 Å². The van der Waals surface area contributed by atoms with Crippen molar-refractivity contribution in [2.75, 3.05) is 0 Å².